The molecule has 1 heterocycles. The predicted molar refractivity (Wildman–Crippen MR) is 108 cm³/mol. The number of aromatic nitrogens is 2. The van der Waals surface area contributed by atoms with Gasteiger partial charge in [0.1, 0.15) is 5.75 Å². The number of anilines is 1. The average Bonchev–Trinajstić information content (AvgIpc) is 2.70. The second-order valence-electron chi connectivity index (χ2n) is 6.27. The molecule has 28 heavy (non-hydrogen) atoms. The third-order valence-electron chi connectivity index (χ3n) is 4.24. The van der Waals surface area contributed by atoms with Gasteiger partial charge in [0.15, 0.2) is 5.82 Å². The number of fused-ring (bicyclic) bond motifs is 1. The van der Waals surface area contributed by atoms with Crippen LogP contribution in [0.5, 0.6) is 5.75 Å². The standard InChI is InChI=1S/C21H17N3O3S/c25-16-12-10-15(11-13-16)14-20-21(23-19-9-5-4-8-18(19)22-20)24-28(26,27)17-6-2-1-3-7-17/h1-13,25H,14H2,(H,23,24). The Kier molecular flexibility index (Phi) is 4.67. The van der Waals surface area contributed by atoms with Crippen molar-refractivity contribution in [3.05, 3.63) is 90.1 Å². The fraction of sp³-hybridized carbons (Fsp3) is 0.0476. The third kappa shape index (κ3) is 3.79. The van der Waals surface area contributed by atoms with E-state index in [4.69, 9.17) is 0 Å². The Bertz CT molecular complexity index is 1220. The Morgan fingerprint density at radius 2 is 1.39 bits per heavy atom. The van der Waals surface area contributed by atoms with E-state index in [9.17, 15) is 13.5 Å². The Morgan fingerprint density at radius 1 is 0.786 bits per heavy atom. The van der Waals surface area contributed by atoms with Gasteiger partial charge in [-0.15, -0.1) is 0 Å². The monoisotopic (exact) mass is 391 g/mol. The highest BCUT2D eigenvalue weighted by Gasteiger charge is 2.18. The third-order valence-corrected chi connectivity index (χ3v) is 5.59. The molecule has 3 aromatic carbocycles. The molecule has 0 spiro atoms. The van der Waals surface area contributed by atoms with Gasteiger partial charge in [-0.2, -0.15) is 0 Å². The molecule has 4 rings (SSSR count). The quantitative estimate of drug-likeness (QED) is 0.541. The second-order valence-corrected chi connectivity index (χ2v) is 7.95. The molecule has 0 radical (unpaired) electrons. The molecular weight excluding hydrogens is 374 g/mol. The van der Waals surface area contributed by atoms with E-state index >= 15 is 0 Å². The van der Waals surface area contributed by atoms with E-state index in [1.54, 1.807) is 48.5 Å². The molecule has 4 aromatic rings. The highest BCUT2D eigenvalue weighted by molar-refractivity contribution is 7.92. The van der Waals surface area contributed by atoms with E-state index in [1.807, 2.05) is 18.2 Å². The predicted octanol–water partition coefficient (Wildman–Crippen LogP) is 3.73. The number of phenols is 1. The lowest BCUT2D eigenvalue weighted by molar-refractivity contribution is 0.475. The number of nitrogens with zero attached hydrogens (tertiary/aromatic N) is 2. The number of phenolic OH excluding ortho intramolecular Hbond substituents is 1. The summed E-state index contributed by atoms with van der Waals surface area (Å²) < 4.78 is 28.1. The normalized spacial score (nSPS) is 11.4. The van der Waals surface area contributed by atoms with Gasteiger partial charge in [0.2, 0.25) is 0 Å². The van der Waals surface area contributed by atoms with E-state index in [2.05, 4.69) is 14.7 Å². The molecule has 2 N–H and O–H groups in total. The van der Waals surface area contributed by atoms with Crippen LogP contribution in [0.25, 0.3) is 11.0 Å². The molecule has 0 aliphatic heterocycles. The Balaban J connectivity index is 1.78. The zero-order valence-electron chi connectivity index (χ0n) is 14.8. The lowest BCUT2D eigenvalue weighted by atomic mass is 10.1. The molecule has 0 aliphatic carbocycles. The van der Waals surface area contributed by atoms with Crippen LogP contribution in [0.1, 0.15) is 11.3 Å². The van der Waals surface area contributed by atoms with Gasteiger partial charge in [-0.3, -0.25) is 4.72 Å². The van der Waals surface area contributed by atoms with Gasteiger partial charge in [0.05, 0.1) is 21.6 Å². The molecule has 0 bridgehead atoms. The number of benzene rings is 3. The number of nitrogens with one attached hydrogen (secondary N) is 1. The molecule has 0 saturated heterocycles. The number of para-hydroxylation sites is 2. The highest BCUT2D eigenvalue weighted by Crippen LogP contribution is 2.23. The number of aromatic hydroxyl groups is 1. The van der Waals surface area contributed by atoms with Gasteiger partial charge in [-0.05, 0) is 42.0 Å². The largest absolute Gasteiger partial charge is 0.508 e. The SMILES string of the molecule is O=S(=O)(Nc1nc2ccccc2nc1Cc1ccc(O)cc1)c1ccccc1. The van der Waals surface area contributed by atoms with E-state index in [0.29, 0.717) is 23.1 Å². The Morgan fingerprint density at radius 3 is 2.07 bits per heavy atom. The first-order chi connectivity index (χ1) is 13.5. The summed E-state index contributed by atoms with van der Waals surface area (Å²) in [6.45, 7) is 0. The van der Waals surface area contributed by atoms with Crippen LogP contribution in [0.2, 0.25) is 0 Å². The van der Waals surface area contributed by atoms with Gasteiger partial charge in [-0.1, -0.05) is 42.5 Å². The average molecular weight is 391 g/mol. The van der Waals surface area contributed by atoms with Crippen molar-refractivity contribution < 1.29 is 13.5 Å². The fourth-order valence-corrected chi connectivity index (χ4v) is 3.89. The first-order valence-corrected chi connectivity index (χ1v) is 10.1. The smallest absolute Gasteiger partial charge is 0.263 e. The lowest BCUT2D eigenvalue weighted by Crippen LogP contribution is -2.16. The Hall–Kier alpha value is -3.45. The van der Waals surface area contributed by atoms with E-state index < -0.39 is 10.0 Å². The summed E-state index contributed by atoms with van der Waals surface area (Å²) in [6.07, 6.45) is 0.366. The van der Waals surface area contributed by atoms with Crippen molar-refractivity contribution in [1.29, 1.82) is 0 Å². The Labute approximate surface area is 162 Å². The van der Waals surface area contributed by atoms with Gasteiger partial charge in [0, 0.05) is 6.42 Å². The van der Waals surface area contributed by atoms with Crippen molar-refractivity contribution in [3.8, 4) is 5.75 Å². The van der Waals surface area contributed by atoms with Crippen LogP contribution in [0, 0.1) is 0 Å². The van der Waals surface area contributed by atoms with Crippen molar-refractivity contribution >= 4 is 26.9 Å². The molecule has 0 saturated carbocycles. The van der Waals surface area contributed by atoms with Crippen LogP contribution < -0.4 is 4.72 Å². The van der Waals surface area contributed by atoms with Crippen molar-refractivity contribution in [3.63, 3.8) is 0 Å². The highest BCUT2D eigenvalue weighted by atomic mass is 32.2. The number of rotatable bonds is 5. The van der Waals surface area contributed by atoms with Gasteiger partial charge < -0.3 is 5.11 Å². The lowest BCUT2D eigenvalue weighted by Gasteiger charge is -2.13. The van der Waals surface area contributed by atoms with Gasteiger partial charge in [-0.25, -0.2) is 18.4 Å². The fourth-order valence-electron chi connectivity index (χ4n) is 2.83. The maximum absolute atomic E-state index is 12.8. The number of hydrogen-bond acceptors (Lipinski definition) is 5. The maximum atomic E-state index is 12.8. The molecule has 0 unspecified atom stereocenters. The molecule has 0 amide bonds. The summed E-state index contributed by atoms with van der Waals surface area (Å²) in [6, 6.07) is 22.1. The van der Waals surface area contributed by atoms with Crippen molar-refractivity contribution in [1.82, 2.24) is 9.97 Å². The topological polar surface area (TPSA) is 92.2 Å². The van der Waals surface area contributed by atoms with Crippen LogP contribution in [-0.4, -0.2) is 23.5 Å². The summed E-state index contributed by atoms with van der Waals surface area (Å²) in [5.41, 5.74) is 2.66. The van der Waals surface area contributed by atoms with Gasteiger partial charge >= 0.3 is 0 Å². The van der Waals surface area contributed by atoms with Crippen molar-refractivity contribution in [2.75, 3.05) is 4.72 Å². The zero-order chi connectivity index (χ0) is 19.6. The molecule has 1 aromatic heterocycles. The minimum absolute atomic E-state index is 0.153. The molecule has 0 fully saturated rings. The number of hydrogen-bond donors (Lipinski definition) is 2. The minimum atomic E-state index is -3.80. The molecule has 0 atom stereocenters. The van der Waals surface area contributed by atoms with Crippen LogP contribution in [-0.2, 0) is 16.4 Å². The van der Waals surface area contributed by atoms with E-state index in [0.717, 1.165) is 5.56 Å². The first-order valence-electron chi connectivity index (χ1n) is 8.63. The van der Waals surface area contributed by atoms with Crippen LogP contribution in [0.3, 0.4) is 0 Å². The summed E-state index contributed by atoms with van der Waals surface area (Å²) in [5.74, 6) is 0.356. The summed E-state index contributed by atoms with van der Waals surface area (Å²) in [4.78, 5) is 9.27. The second kappa shape index (κ2) is 7.28. The summed E-state index contributed by atoms with van der Waals surface area (Å²) in [5, 5.41) is 9.48. The number of sulfonamides is 1. The zero-order valence-corrected chi connectivity index (χ0v) is 15.6. The molecule has 0 aliphatic rings. The van der Waals surface area contributed by atoms with Crippen LogP contribution >= 0.6 is 0 Å². The van der Waals surface area contributed by atoms with E-state index in [-0.39, 0.29) is 16.5 Å². The van der Waals surface area contributed by atoms with Crippen LogP contribution in [0.4, 0.5) is 5.82 Å². The van der Waals surface area contributed by atoms with Crippen molar-refractivity contribution in [2.45, 2.75) is 11.3 Å². The van der Waals surface area contributed by atoms with Crippen LogP contribution in [0.15, 0.2) is 83.8 Å². The van der Waals surface area contributed by atoms with Crippen molar-refractivity contribution in [2.24, 2.45) is 0 Å². The van der Waals surface area contributed by atoms with E-state index in [1.165, 1.54) is 12.1 Å². The minimum Gasteiger partial charge on any atom is -0.508 e. The summed E-state index contributed by atoms with van der Waals surface area (Å²) >= 11 is 0. The summed E-state index contributed by atoms with van der Waals surface area (Å²) in [7, 11) is -3.80. The first kappa shape index (κ1) is 17.9. The molecule has 140 valence electrons. The molecule has 6 nitrogen and oxygen atoms in total. The van der Waals surface area contributed by atoms with Gasteiger partial charge in [0.25, 0.3) is 10.0 Å². The molecule has 7 heteroatoms. The molecular formula is C21H17N3O3S. The maximum Gasteiger partial charge on any atom is 0.263 e.